The van der Waals surface area contributed by atoms with E-state index >= 15 is 0 Å². The summed E-state index contributed by atoms with van der Waals surface area (Å²) in [5, 5.41) is 21.9. The molecule has 0 atom stereocenters. The van der Waals surface area contributed by atoms with Crippen LogP contribution in [0.5, 0.6) is 11.5 Å². The van der Waals surface area contributed by atoms with Crippen molar-refractivity contribution in [3.05, 3.63) is 48.3 Å². The third-order valence-electron chi connectivity index (χ3n) is 5.87. The average Bonchev–Trinajstić information content (AvgIpc) is 3.55. The van der Waals surface area contributed by atoms with Gasteiger partial charge in [0.05, 0.1) is 48.8 Å². The Balaban J connectivity index is 1.38. The number of pyridine rings is 1. The number of fused-ring (bicyclic) bond motifs is 2. The first-order chi connectivity index (χ1) is 17.1. The molecule has 0 spiro atoms. The summed E-state index contributed by atoms with van der Waals surface area (Å²) in [5.41, 5.74) is 3.49. The van der Waals surface area contributed by atoms with Crippen molar-refractivity contribution in [1.29, 1.82) is 5.26 Å². The molecule has 1 aliphatic rings. The molecule has 2 aromatic carbocycles. The average molecular weight is 475 g/mol. The van der Waals surface area contributed by atoms with E-state index < -0.39 is 0 Å². The lowest BCUT2D eigenvalue weighted by atomic mass is 10.1. The summed E-state index contributed by atoms with van der Waals surface area (Å²) < 4.78 is 22.6. The molecule has 10 heteroatoms. The second-order valence-electron chi connectivity index (χ2n) is 8.26. The lowest BCUT2D eigenvalue weighted by Gasteiger charge is -2.20. The number of rotatable bonds is 9. The van der Waals surface area contributed by atoms with E-state index in [0.717, 1.165) is 22.0 Å². The highest BCUT2D eigenvalue weighted by Gasteiger charge is 2.18. The van der Waals surface area contributed by atoms with Crippen LogP contribution in [0.2, 0.25) is 0 Å². The Morgan fingerprint density at radius 2 is 2.06 bits per heavy atom. The summed E-state index contributed by atoms with van der Waals surface area (Å²) in [5.74, 6) is 1.15. The minimum absolute atomic E-state index is 0.186. The molecule has 4 aromatic rings. The maximum atomic E-state index is 9.72. The molecule has 0 bridgehead atoms. The van der Waals surface area contributed by atoms with Crippen molar-refractivity contribution in [2.45, 2.75) is 6.29 Å². The minimum Gasteiger partial charge on any atom is -0.493 e. The molecule has 5 rings (SSSR count). The van der Waals surface area contributed by atoms with Crippen LogP contribution in [0.1, 0.15) is 5.56 Å². The van der Waals surface area contributed by atoms with Gasteiger partial charge in [0.25, 0.3) is 0 Å². The molecule has 35 heavy (non-hydrogen) atoms. The number of nitrogens with zero attached hydrogens (tertiary/aromatic N) is 4. The minimum atomic E-state index is -0.186. The number of methoxy groups -OCH3 is 1. The zero-order chi connectivity index (χ0) is 24.2. The van der Waals surface area contributed by atoms with E-state index in [1.54, 1.807) is 19.5 Å². The van der Waals surface area contributed by atoms with Crippen LogP contribution in [0.25, 0.3) is 21.8 Å². The van der Waals surface area contributed by atoms with Gasteiger partial charge in [-0.3, -0.25) is 15.0 Å². The van der Waals surface area contributed by atoms with Gasteiger partial charge >= 0.3 is 0 Å². The number of likely N-dealkylation sites (N-methyl/N-ethyl adjacent to an activating group) is 1. The molecule has 0 unspecified atom stereocenters. The fourth-order valence-corrected chi connectivity index (χ4v) is 4.02. The Hall–Kier alpha value is -3.91. The Labute approximate surface area is 202 Å². The second kappa shape index (κ2) is 10.1. The van der Waals surface area contributed by atoms with Gasteiger partial charge in [0.1, 0.15) is 12.7 Å². The van der Waals surface area contributed by atoms with Crippen molar-refractivity contribution in [3.63, 3.8) is 0 Å². The zero-order valence-corrected chi connectivity index (χ0v) is 19.6. The summed E-state index contributed by atoms with van der Waals surface area (Å²) in [6.07, 6.45) is 3.14. The van der Waals surface area contributed by atoms with Crippen LogP contribution in [0.4, 0.5) is 11.4 Å². The van der Waals surface area contributed by atoms with Crippen LogP contribution in [-0.4, -0.2) is 73.4 Å². The lowest BCUT2D eigenvalue weighted by molar-refractivity contribution is -0.0590. The molecular formula is C25H26N6O4. The van der Waals surface area contributed by atoms with Gasteiger partial charge in [-0.2, -0.15) is 10.4 Å². The number of aromatic amines is 1. The van der Waals surface area contributed by atoms with Crippen molar-refractivity contribution in [3.8, 4) is 17.6 Å². The van der Waals surface area contributed by atoms with Gasteiger partial charge in [0.2, 0.25) is 0 Å². The fraction of sp³-hybridized carbons (Fsp3) is 0.320. The molecule has 0 radical (unpaired) electrons. The van der Waals surface area contributed by atoms with E-state index in [9.17, 15) is 5.26 Å². The quantitative estimate of drug-likeness (QED) is 0.376. The van der Waals surface area contributed by atoms with Crippen LogP contribution in [-0.2, 0) is 9.47 Å². The standard InChI is InChI=1S/C25H26N6O4/c1-31(15-24-34-7-8-35-24)5-6-33-23-11-21-19(10-22(23)32-2)25(17(12-26)13-27-21)29-18-4-3-16-14-28-30-20(16)9-18/h3-4,9-11,13-14,24H,5-8,15H2,1-2H3,(H,27,29)(H,28,30). The number of benzene rings is 2. The molecule has 0 aliphatic carbocycles. The molecule has 180 valence electrons. The molecule has 1 saturated heterocycles. The van der Waals surface area contributed by atoms with Crippen molar-refractivity contribution in [2.75, 3.05) is 52.4 Å². The van der Waals surface area contributed by atoms with Crippen LogP contribution >= 0.6 is 0 Å². The van der Waals surface area contributed by atoms with Crippen LogP contribution in [0.15, 0.2) is 42.7 Å². The lowest BCUT2D eigenvalue weighted by Crippen LogP contribution is -2.32. The third-order valence-corrected chi connectivity index (χ3v) is 5.87. The first kappa shape index (κ1) is 22.9. The monoisotopic (exact) mass is 474 g/mol. The maximum absolute atomic E-state index is 9.72. The number of H-pyrrole nitrogens is 1. The number of ether oxygens (including phenoxy) is 4. The van der Waals surface area contributed by atoms with Gasteiger partial charge in [0, 0.05) is 41.8 Å². The van der Waals surface area contributed by atoms with Gasteiger partial charge < -0.3 is 24.3 Å². The molecule has 2 N–H and O–H groups in total. The van der Waals surface area contributed by atoms with Gasteiger partial charge in [-0.25, -0.2) is 0 Å². The van der Waals surface area contributed by atoms with Crippen molar-refractivity contribution in [1.82, 2.24) is 20.1 Å². The third kappa shape index (κ3) is 4.97. The number of nitriles is 1. The highest BCUT2D eigenvalue weighted by atomic mass is 16.7. The summed E-state index contributed by atoms with van der Waals surface area (Å²) in [4.78, 5) is 6.58. The topological polar surface area (TPSA) is 118 Å². The molecular weight excluding hydrogens is 448 g/mol. The molecule has 3 heterocycles. The fourth-order valence-electron chi connectivity index (χ4n) is 4.02. The number of anilines is 2. The van der Waals surface area contributed by atoms with Gasteiger partial charge in [-0.05, 0) is 31.3 Å². The molecule has 2 aromatic heterocycles. The SMILES string of the molecule is COc1cc2c(Nc3ccc4cn[nH]c4c3)c(C#N)cnc2cc1OCCN(C)CC1OCCO1. The van der Waals surface area contributed by atoms with Crippen molar-refractivity contribution >= 4 is 33.2 Å². The number of hydrogen-bond acceptors (Lipinski definition) is 9. The smallest absolute Gasteiger partial charge is 0.170 e. The Morgan fingerprint density at radius 3 is 2.86 bits per heavy atom. The first-order valence-electron chi connectivity index (χ1n) is 11.3. The predicted molar refractivity (Wildman–Crippen MR) is 131 cm³/mol. The largest absolute Gasteiger partial charge is 0.493 e. The molecule has 1 fully saturated rings. The normalized spacial score (nSPS) is 14.0. The number of aromatic nitrogens is 3. The predicted octanol–water partition coefficient (Wildman–Crippen LogP) is 3.42. The number of nitrogens with one attached hydrogen (secondary N) is 2. The summed E-state index contributed by atoms with van der Waals surface area (Å²) in [7, 11) is 3.59. The van der Waals surface area contributed by atoms with Crippen LogP contribution < -0.4 is 14.8 Å². The summed E-state index contributed by atoms with van der Waals surface area (Å²) in [6.45, 7) is 3.09. The van der Waals surface area contributed by atoms with Crippen LogP contribution in [0, 0.1) is 11.3 Å². The number of hydrogen-bond donors (Lipinski definition) is 2. The first-order valence-corrected chi connectivity index (χ1v) is 11.3. The van der Waals surface area contributed by atoms with E-state index in [2.05, 4.69) is 31.5 Å². The van der Waals surface area contributed by atoms with Crippen molar-refractivity contribution in [2.24, 2.45) is 0 Å². The van der Waals surface area contributed by atoms with Crippen molar-refractivity contribution < 1.29 is 18.9 Å². The van der Waals surface area contributed by atoms with E-state index in [1.165, 1.54) is 0 Å². The maximum Gasteiger partial charge on any atom is 0.170 e. The summed E-state index contributed by atoms with van der Waals surface area (Å²) >= 11 is 0. The Morgan fingerprint density at radius 1 is 1.20 bits per heavy atom. The van der Waals surface area contributed by atoms with E-state index in [1.807, 2.05) is 37.4 Å². The van der Waals surface area contributed by atoms with Gasteiger partial charge in [-0.1, -0.05) is 0 Å². The van der Waals surface area contributed by atoms with Crippen LogP contribution in [0.3, 0.4) is 0 Å². The summed E-state index contributed by atoms with van der Waals surface area (Å²) in [6, 6.07) is 11.8. The van der Waals surface area contributed by atoms with E-state index in [-0.39, 0.29) is 6.29 Å². The molecule has 1 aliphatic heterocycles. The van der Waals surface area contributed by atoms with Gasteiger partial charge in [0.15, 0.2) is 17.8 Å². The van der Waals surface area contributed by atoms with E-state index in [4.69, 9.17) is 18.9 Å². The highest BCUT2D eigenvalue weighted by Crippen LogP contribution is 2.37. The Bertz CT molecular complexity index is 1380. The molecule has 0 amide bonds. The molecule has 0 saturated carbocycles. The molecule has 10 nitrogen and oxygen atoms in total. The highest BCUT2D eigenvalue weighted by molar-refractivity contribution is 5.98. The Kier molecular flexibility index (Phi) is 6.63. The van der Waals surface area contributed by atoms with E-state index in [0.29, 0.717) is 61.2 Å². The van der Waals surface area contributed by atoms with Gasteiger partial charge in [-0.15, -0.1) is 0 Å². The zero-order valence-electron chi connectivity index (χ0n) is 19.6. The second-order valence-corrected chi connectivity index (χ2v) is 8.26.